The Morgan fingerprint density at radius 1 is 1.27 bits per heavy atom. The van der Waals surface area contributed by atoms with Crippen LogP contribution >= 0.6 is 11.3 Å². The highest BCUT2D eigenvalue weighted by Crippen LogP contribution is 2.27. The first kappa shape index (κ1) is 17.2. The molecular weight excluding hydrogens is 344 g/mol. The molecule has 6 heteroatoms. The van der Waals surface area contributed by atoms with Crippen molar-refractivity contribution < 1.29 is 4.79 Å². The number of hydrogen-bond donors (Lipinski definition) is 0. The Morgan fingerprint density at radius 3 is 2.88 bits per heavy atom. The molecule has 1 aliphatic heterocycles. The Balaban J connectivity index is 1.53. The molecule has 1 saturated heterocycles. The number of aryl methyl sites for hydroxylation is 1. The van der Waals surface area contributed by atoms with Crippen LogP contribution in [-0.4, -0.2) is 45.0 Å². The summed E-state index contributed by atoms with van der Waals surface area (Å²) < 4.78 is 0. The van der Waals surface area contributed by atoms with Gasteiger partial charge in [-0.3, -0.25) is 14.7 Å². The lowest BCUT2D eigenvalue weighted by molar-refractivity contribution is -0.119. The Hall–Kier alpha value is -2.18. The predicted molar refractivity (Wildman–Crippen MR) is 104 cm³/mol. The molecule has 0 saturated carbocycles. The maximum absolute atomic E-state index is 12.4. The van der Waals surface area contributed by atoms with Crippen molar-refractivity contribution in [1.82, 2.24) is 20.1 Å². The molecule has 1 fully saturated rings. The standard InChI is InChI=1S/C20H22N4OS/c1-13-4-3-7-24(13)12-19(25)10-18-9-17-8-15(5-6-16(17)11-21-18)20-23-22-14(2)26-20/h5-6,8-9,11,13H,3-4,7,10,12H2,1-2H3/t13-/m1/s1. The van der Waals surface area contributed by atoms with Gasteiger partial charge in [0.25, 0.3) is 0 Å². The number of carbonyl (C=O) groups excluding carboxylic acids is 1. The molecule has 3 aromatic rings. The third-order valence-corrected chi connectivity index (χ3v) is 5.89. The number of rotatable bonds is 5. The summed E-state index contributed by atoms with van der Waals surface area (Å²) >= 11 is 1.58. The van der Waals surface area contributed by atoms with Gasteiger partial charge in [0.05, 0.1) is 13.0 Å². The van der Waals surface area contributed by atoms with Gasteiger partial charge < -0.3 is 0 Å². The predicted octanol–water partition coefficient (Wildman–Crippen LogP) is 3.66. The van der Waals surface area contributed by atoms with Crippen LogP contribution in [-0.2, 0) is 11.2 Å². The first-order valence-electron chi connectivity index (χ1n) is 9.03. The van der Waals surface area contributed by atoms with Crippen LogP contribution in [0, 0.1) is 6.92 Å². The third-order valence-electron chi connectivity index (χ3n) is 5.00. The highest BCUT2D eigenvalue weighted by Gasteiger charge is 2.22. The van der Waals surface area contributed by atoms with E-state index in [1.807, 2.05) is 31.3 Å². The van der Waals surface area contributed by atoms with Crippen molar-refractivity contribution in [2.45, 2.75) is 39.2 Å². The number of likely N-dealkylation sites (tertiary alicyclic amines) is 1. The molecule has 5 nitrogen and oxygen atoms in total. The Morgan fingerprint density at radius 2 is 2.15 bits per heavy atom. The van der Waals surface area contributed by atoms with Crippen molar-refractivity contribution >= 4 is 27.9 Å². The first-order chi connectivity index (χ1) is 12.6. The quantitative estimate of drug-likeness (QED) is 0.690. The van der Waals surface area contributed by atoms with Gasteiger partial charge in [0.1, 0.15) is 10.0 Å². The molecule has 26 heavy (non-hydrogen) atoms. The number of benzene rings is 1. The van der Waals surface area contributed by atoms with E-state index in [1.54, 1.807) is 11.3 Å². The number of fused-ring (bicyclic) bond motifs is 1. The zero-order chi connectivity index (χ0) is 18.1. The van der Waals surface area contributed by atoms with Gasteiger partial charge in [-0.1, -0.05) is 23.5 Å². The van der Waals surface area contributed by atoms with Gasteiger partial charge in [0, 0.05) is 28.9 Å². The van der Waals surface area contributed by atoms with Crippen LogP contribution in [0.4, 0.5) is 0 Å². The van der Waals surface area contributed by atoms with Crippen LogP contribution in [0.15, 0.2) is 30.5 Å². The Labute approximate surface area is 157 Å². The average molecular weight is 366 g/mol. The number of aromatic nitrogens is 3. The van der Waals surface area contributed by atoms with E-state index in [0.717, 1.165) is 38.6 Å². The number of carbonyl (C=O) groups is 1. The molecule has 0 radical (unpaired) electrons. The summed E-state index contributed by atoms with van der Waals surface area (Å²) in [7, 11) is 0. The van der Waals surface area contributed by atoms with E-state index in [1.165, 1.54) is 12.8 Å². The van der Waals surface area contributed by atoms with Gasteiger partial charge >= 0.3 is 0 Å². The molecule has 1 aliphatic rings. The second-order valence-electron chi connectivity index (χ2n) is 7.04. The minimum atomic E-state index is 0.238. The van der Waals surface area contributed by atoms with E-state index in [9.17, 15) is 4.79 Å². The number of nitrogens with zero attached hydrogens (tertiary/aromatic N) is 4. The molecule has 3 heterocycles. The van der Waals surface area contributed by atoms with Crippen molar-refractivity contribution in [3.8, 4) is 10.6 Å². The maximum Gasteiger partial charge on any atom is 0.152 e. The smallest absolute Gasteiger partial charge is 0.152 e. The Kier molecular flexibility index (Phi) is 4.78. The summed E-state index contributed by atoms with van der Waals surface area (Å²) in [6.45, 7) is 5.72. The van der Waals surface area contributed by atoms with Gasteiger partial charge in [0.2, 0.25) is 0 Å². The molecule has 0 N–H and O–H groups in total. The third kappa shape index (κ3) is 3.66. The average Bonchev–Trinajstić information content (AvgIpc) is 3.23. The maximum atomic E-state index is 12.4. The van der Waals surface area contributed by atoms with E-state index in [0.29, 0.717) is 19.0 Å². The molecule has 4 rings (SSSR count). The topological polar surface area (TPSA) is 59.0 Å². The molecule has 1 atom stereocenters. The molecule has 0 aliphatic carbocycles. The largest absolute Gasteiger partial charge is 0.298 e. The first-order valence-corrected chi connectivity index (χ1v) is 9.85. The number of ketones is 1. The molecule has 0 unspecified atom stereocenters. The number of Topliss-reactive ketones (excluding diaryl/α,β-unsaturated/α-hetero) is 1. The van der Waals surface area contributed by atoms with Gasteiger partial charge in [-0.25, -0.2) is 0 Å². The van der Waals surface area contributed by atoms with Crippen molar-refractivity contribution in [3.05, 3.63) is 41.2 Å². The fourth-order valence-electron chi connectivity index (χ4n) is 3.54. The summed E-state index contributed by atoms with van der Waals surface area (Å²) in [6.07, 6.45) is 4.62. The van der Waals surface area contributed by atoms with Crippen LogP contribution in [0.5, 0.6) is 0 Å². The Bertz CT molecular complexity index is 952. The zero-order valence-electron chi connectivity index (χ0n) is 15.1. The SMILES string of the molecule is Cc1nnc(-c2ccc3cnc(CC(=O)CN4CCC[C@H]4C)cc3c2)s1. The summed E-state index contributed by atoms with van der Waals surface area (Å²) in [5.41, 5.74) is 1.89. The molecule has 1 aromatic carbocycles. The fraction of sp³-hybridized carbons (Fsp3) is 0.400. The van der Waals surface area contributed by atoms with Crippen molar-refractivity contribution in [3.63, 3.8) is 0 Å². The molecule has 0 spiro atoms. The lowest BCUT2D eigenvalue weighted by atomic mass is 10.1. The van der Waals surface area contributed by atoms with Crippen LogP contribution in [0.25, 0.3) is 21.3 Å². The van der Waals surface area contributed by atoms with Crippen molar-refractivity contribution in [2.24, 2.45) is 0 Å². The minimum absolute atomic E-state index is 0.238. The van der Waals surface area contributed by atoms with Gasteiger partial charge in [0.15, 0.2) is 5.78 Å². The number of hydrogen-bond acceptors (Lipinski definition) is 6. The van der Waals surface area contributed by atoms with Crippen molar-refractivity contribution in [2.75, 3.05) is 13.1 Å². The lowest BCUT2D eigenvalue weighted by Crippen LogP contribution is -2.33. The van der Waals surface area contributed by atoms with Crippen molar-refractivity contribution in [1.29, 1.82) is 0 Å². The molecule has 0 bridgehead atoms. The molecular formula is C20H22N4OS. The van der Waals surface area contributed by atoms with Crippen LogP contribution in [0.3, 0.4) is 0 Å². The van der Waals surface area contributed by atoms with E-state index in [2.05, 4.69) is 33.1 Å². The van der Waals surface area contributed by atoms with E-state index >= 15 is 0 Å². The van der Waals surface area contributed by atoms with Gasteiger partial charge in [-0.05, 0) is 50.8 Å². The second-order valence-corrected chi connectivity index (χ2v) is 8.22. The number of pyridine rings is 1. The fourth-order valence-corrected chi connectivity index (χ4v) is 4.23. The summed E-state index contributed by atoms with van der Waals surface area (Å²) in [6, 6.07) is 8.74. The summed E-state index contributed by atoms with van der Waals surface area (Å²) in [4.78, 5) is 19.2. The normalized spacial score (nSPS) is 17.8. The molecule has 134 valence electrons. The second kappa shape index (κ2) is 7.21. The zero-order valence-corrected chi connectivity index (χ0v) is 15.9. The molecule has 2 aromatic heterocycles. The van der Waals surface area contributed by atoms with Crippen LogP contribution in [0.2, 0.25) is 0 Å². The minimum Gasteiger partial charge on any atom is -0.298 e. The van der Waals surface area contributed by atoms with E-state index in [4.69, 9.17) is 0 Å². The van der Waals surface area contributed by atoms with E-state index in [-0.39, 0.29) is 5.78 Å². The van der Waals surface area contributed by atoms with Crippen LogP contribution < -0.4 is 0 Å². The van der Waals surface area contributed by atoms with E-state index < -0.39 is 0 Å². The molecule has 0 amide bonds. The van der Waals surface area contributed by atoms with Gasteiger partial charge in [-0.2, -0.15) is 0 Å². The lowest BCUT2D eigenvalue weighted by Gasteiger charge is -2.19. The summed E-state index contributed by atoms with van der Waals surface area (Å²) in [5.74, 6) is 0.238. The summed E-state index contributed by atoms with van der Waals surface area (Å²) in [5, 5.41) is 12.3. The van der Waals surface area contributed by atoms with Gasteiger partial charge in [-0.15, -0.1) is 10.2 Å². The highest BCUT2D eigenvalue weighted by atomic mass is 32.1. The monoisotopic (exact) mass is 366 g/mol. The highest BCUT2D eigenvalue weighted by molar-refractivity contribution is 7.14. The van der Waals surface area contributed by atoms with Crippen LogP contribution in [0.1, 0.15) is 30.5 Å².